The summed E-state index contributed by atoms with van der Waals surface area (Å²) in [6, 6.07) is 44.5. The van der Waals surface area contributed by atoms with Gasteiger partial charge < -0.3 is 19.9 Å². The van der Waals surface area contributed by atoms with Gasteiger partial charge in [-0.3, -0.25) is 0 Å². The first-order valence-electron chi connectivity index (χ1n) is 14.7. The van der Waals surface area contributed by atoms with E-state index in [2.05, 4.69) is 17.4 Å². The zero-order valence-corrected chi connectivity index (χ0v) is 24.1. The second-order valence-electron chi connectivity index (χ2n) is 10.8. The predicted octanol–water partition coefficient (Wildman–Crippen LogP) is 7.38. The summed E-state index contributed by atoms with van der Waals surface area (Å²) >= 11 is 0. The van der Waals surface area contributed by atoms with Crippen LogP contribution in [0.4, 0.5) is 4.79 Å². The highest BCUT2D eigenvalue weighted by atomic mass is 16.5. The van der Waals surface area contributed by atoms with Gasteiger partial charge in [-0.2, -0.15) is 0 Å². The molecule has 6 heteroatoms. The maximum Gasteiger partial charge on any atom is 0.407 e. The Morgan fingerprint density at radius 1 is 0.659 bits per heavy atom. The highest BCUT2D eigenvalue weighted by molar-refractivity contribution is 5.81. The minimum Gasteiger partial charge on any atom is -0.480 e. The molecular formula is C38H33NO5. The fourth-order valence-electron chi connectivity index (χ4n) is 6.14. The fourth-order valence-corrected chi connectivity index (χ4v) is 6.14. The highest BCUT2D eigenvalue weighted by Gasteiger charge is 2.38. The maximum absolute atomic E-state index is 12.9. The number of ether oxygens (including phenoxy) is 2. The van der Waals surface area contributed by atoms with Crippen molar-refractivity contribution in [1.29, 1.82) is 0 Å². The molecule has 1 unspecified atom stereocenters. The number of fused-ring (bicyclic) bond motifs is 3. The van der Waals surface area contributed by atoms with Crippen LogP contribution in [0.25, 0.3) is 11.1 Å². The van der Waals surface area contributed by atoms with Crippen molar-refractivity contribution >= 4 is 12.1 Å². The third-order valence-corrected chi connectivity index (χ3v) is 8.20. The smallest absolute Gasteiger partial charge is 0.407 e. The molecule has 0 saturated heterocycles. The van der Waals surface area contributed by atoms with Crippen LogP contribution in [0.2, 0.25) is 0 Å². The number of benzene rings is 5. The van der Waals surface area contributed by atoms with Crippen molar-refractivity contribution in [2.75, 3.05) is 13.2 Å². The van der Waals surface area contributed by atoms with Crippen LogP contribution in [0, 0.1) is 0 Å². The molecule has 1 aliphatic carbocycles. The largest absolute Gasteiger partial charge is 0.480 e. The fraction of sp³-hybridized carbons (Fsp3) is 0.158. The molecule has 0 heterocycles. The normalized spacial score (nSPS) is 13.0. The Hall–Kier alpha value is -5.20. The van der Waals surface area contributed by atoms with Gasteiger partial charge in [-0.25, -0.2) is 9.59 Å². The number of hydrogen-bond acceptors (Lipinski definition) is 4. The summed E-state index contributed by atoms with van der Waals surface area (Å²) in [6.07, 6.45) is -0.743. The molecule has 1 aliphatic rings. The van der Waals surface area contributed by atoms with Crippen LogP contribution < -0.4 is 5.32 Å². The molecule has 0 radical (unpaired) electrons. The lowest BCUT2D eigenvalue weighted by molar-refractivity contribution is -0.140. The lowest BCUT2D eigenvalue weighted by atomic mass is 9.80. The molecule has 1 atom stereocenters. The predicted molar refractivity (Wildman–Crippen MR) is 169 cm³/mol. The van der Waals surface area contributed by atoms with Gasteiger partial charge in [0.05, 0.1) is 6.61 Å². The van der Waals surface area contributed by atoms with Gasteiger partial charge in [-0.1, -0.05) is 140 Å². The Labute approximate surface area is 256 Å². The molecular weight excluding hydrogens is 550 g/mol. The second-order valence-corrected chi connectivity index (χ2v) is 10.8. The van der Waals surface area contributed by atoms with E-state index in [-0.39, 0.29) is 25.6 Å². The molecule has 220 valence electrons. The summed E-state index contributed by atoms with van der Waals surface area (Å²) in [7, 11) is 0. The van der Waals surface area contributed by atoms with E-state index in [1.54, 1.807) is 0 Å². The summed E-state index contributed by atoms with van der Waals surface area (Å²) in [4.78, 5) is 25.2. The quantitative estimate of drug-likeness (QED) is 0.159. The Kier molecular flexibility index (Phi) is 8.52. The van der Waals surface area contributed by atoms with Crippen molar-refractivity contribution in [3.63, 3.8) is 0 Å². The van der Waals surface area contributed by atoms with Gasteiger partial charge in [0.1, 0.15) is 18.2 Å². The van der Waals surface area contributed by atoms with E-state index in [0.717, 1.165) is 38.9 Å². The molecule has 6 nitrogen and oxygen atoms in total. The van der Waals surface area contributed by atoms with Gasteiger partial charge in [0.15, 0.2) is 0 Å². The minimum atomic E-state index is -1.20. The number of carboxylic acid groups (broad SMARTS) is 1. The van der Waals surface area contributed by atoms with E-state index in [1.165, 1.54) is 0 Å². The van der Waals surface area contributed by atoms with Crippen molar-refractivity contribution in [3.8, 4) is 11.1 Å². The number of carbonyl (C=O) groups is 2. The van der Waals surface area contributed by atoms with Crippen LogP contribution in [-0.4, -0.2) is 36.4 Å². The summed E-state index contributed by atoms with van der Waals surface area (Å²) in [5, 5.41) is 12.6. The first-order valence-corrected chi connectivity index (χ1v) is 14.7. The van der Waals surface area contributed by atoms with Gasteiger partial charge in [-0.15, -0.1) is 0 Å². The third kappa shape index (κ3) is 5.72. The lowest BCUT2D eigenvalue weighted by Gasteiger charge is -2.36. The van der Waals surface area contributed by atoms with Crippen LogP contribution in [-0.2, 0) is 19.9 Å². The molecule has 1 amide bonds. The van der Waals surface area contributed by atoms with Gasteiger partial charge in [-0.05, 0) is 38.9 Å². The number of hydrogen-bond donors (Lipinski definition) is 2. The lowest BCUT2D eigenvalue weighted by Crippen LogP contribution is -2.43. The van der Waals surface area contributed by atoms with Crippen LogP contribution in [0.5, 0.6) is 0 Å². The summed E-state index contributed by atoms with van der Waals surface area (Å²) in [6.45, 7) is 0.154. The number of nitrogens with one attached hydrogen (secondary N) is 1. The molecule has 44 heavy (non-hydrogen) atoms. The van der Waals surface area contributed by atoms with Crippen molar-refractivity contribution in [1.82, 2.24) is 5.32 Å². The molecule has 0 saturated carbocycles. The van der Waals surface area contributed by atoms with E-state index in [4.69, 9.17) is 9.47 Å². The van der Waals surface area contributed by atoms with E-state index in [0.29, 0.717) is 0 Å². The Morgan fingerprint density at radius 2 is 1.09 bits per heavy atom. The molecule has 5 aromatic carbocycles. The molecule has 0 aliphatic heterocycles. The zero-order chi connectivity index (χ0) is 30.4. The van der Waals surface area contributed by atoms with Gasteiger partial charge in [0.2, 0.25) is 0 Å². The molecule has 0 spiro atoms. The van der Waals surface area contributed by atoms with Crippen molar-refractivity contribution in [2.45, 2.75) is 24.0 Å². The number of rotatable bonds is 11. The SMILES string of the molecule is O=C(NC(CCOC(c1ccccc1)(c1ccccc1)c1ccccc1)C(=O)O)OCC1c2ccccc2-c2ccccc21. The summed E-state index contributed by atoms with van der Waals surface area (Å²) < 4.78 is 12.3. The molecule has 2 N–H and O–H groups in total. The average Bonchev–Trinajstić information content (AvgIpc) is 3.40. The Balaban J connectivity index is 1.17. The number of alkyl carbamates (subject to hydrolysis) is 1. The first kappa shape index (κ1) is 28.9. The Morgan fingerprint density at radius 3 is 1.55 bits per heavy atom. The molecule has 5 aromatic rings. The molecule has 0 fully saturated rings. The van der Waals surface area contributed by atoms with Crippen molar-refractivity contribution in [3.05, 3.63) is 167 Å². The van der Waals surface area contributed by atoms with E-state index < -0.39 is 23.7 Å². The van der Waals surface area contributed by atoms with Crippen LogP contribution in [0.15, 0.2) is 140 Å². The standard InChI is InChI=1S/C38H33NO5/c40-36(41)35(39-37(42)43-26-34-32-22-12-10-20-30(32)31-21-11-13-23-33(31)34)24-25-44-38(27-14-4-1-5-15-27,28-16-6-2-7-17-28)29-18-8-3-9-19-29/h1-23,34-35H,24-26H2,(H,39,42)(H,40,41). The highest BCUT2D eigenvalue weighted by Crippen LogP contribution is 2.44. The van der Waals surface area contributed by atoms with Crippen LogP contribution in [0.3, 0.4) is 0 Å². The maximum atomic E-state index is 12.9. The van der Waals surface area contributed by atoms with Gasteiger partial charge in [0, 0.05) is 12.3 Å². The second kappa shape index (κ2) is 13.0. The average molecular weight is 584 g/mol. The van der Waals surface area contributed by atoms with E-state index >= 15 is 0 Å². The number of carbonyl (C=O) groups excluding carboxylic acids is 1. The summed E-state index contributed by atoms with van der Waals surface area (Å²) in [5.41, 5.74) is 6.16. The number of carboxylic acids is 1. The molecule has 6 rings (SSSR count). The number of aliphatic carboxylic acids is 1. The molecule has 0 aromatic heterocycles. The minimum absolute atomic E-state index is 0.0355. The van der Waals surface area contributed by atoms with Crippen molar-refractivity contribution in [2.24, 2.45) is 0 Å². The van der Waals surface area contributed by atoms with E-state index in [1.807, 2.05) is 127 Å². The van der Waals surface area contributed by atoms with E-state index in [9.17, 15) is 14.7 Å². The first-order chi connectivity index (χ1) is 21.6. The third-order valence-electron chi connectivity index (χ3n) is 8.20. The molecule has 0 bridgehead atoms. The van der Waals surface area contributed by atoms with Crippen molar-refractivity contribution < 1.29 is 24.2 Å². The Bertz CT molecular complexity index is 1580. The number of amides is 1. The van der Waals surface area contributed by atoms with Crippen LogP contribution in [0.1, 0.15) is 40.2 Å². The monoisotopic (exact) mass is 583 g/mol. The topological polar surface area (TPSA) is 84.9 Å². The van der Waals surface area contributed by atoms with Gasteiger partial charge in [0.25, 0.3) is 0 Å². The zero-order valence-electron chi connectivity index (χ0n) is 24.1. The summed E-state index contributed by atoms with van der Waals surface area (Å²) in [5.74, 6) is -1.28. The van der Waals surface area contributed by atoms with Crippen LogP contribution >= 0.6 is 0 Å². The van der Waals surface area contributed by atoms with Gasteiger partial charge >= 0.3 is 12.1 Å².